The van der Waals surface area contributed by atoms with Gasteiger partial charge in [-0.05, 0) is 133 Å². The molecule has 0 saturated carbocycles. The average molecular weight is 569 g/mol. The van der Waals surface area contributed by atoms with Gasteiger partial charge in [0.15, 0.2) is 0 Å². The van der Waals surface area contributed by atoms with Crippen molar-refractivity contribution in [2.24, 2.45) is 11.7 Å². The molecule has 0 rings (SSSR count). The van der Waals surface area contributed by atoms with E-state index in [0.717, 1.165) is 64.6 Å². The lowest BCUT2D eigenvalue weighted by atomic mass is 10.0. The average Bonchev–Trinajstić information content (AvgIpc) is 2.79. The van der Waals surface area contributed by atoms with Crippen LogP contribution in [0.4, 0.5) is 0 Å². The molecule has 0 heterocycles. The fourth-order valence-corrected chi connectivity index (χ4v) is 4.18. The third kappa shape index (κ3) is 22.0. The first-order valence-electron chi connectivity index (χ1n) is 15.5. The molecule has 0 fully saturated rings. The summed E-state index contributed by atoms with van der Waals surface area (Å²) in [6.45, 7) is 23.6. The smallest absolute Gasteiger partial charge is 0.243 e. The van der Waals surface area contributed by atoms with Gasteiger partial charge in [0.05, 0.1) is 0 Å². The van der Waals surface area contributed by atoms with Crippen molar-refractivity contribution in [2.75, 3.05) is 19.6 Å². The second kappa shape index (κ2) is 18.7. The fourth-order valence-electron chi connectivity index (χ4n) is 4.18. The number of nitrogens with two attached hydrogens (primary N) is 1. The van der Waals surface area contributed by atoms with Gasteiger partial charge >= 0.3 is 0 Å². The minimum atomic E-state index is -0.753. The molecular formula is C31H64N6O3. The van der Waals surface area contributed by atoms with Crippen LogP contribution in [0.1, 0.15) is 127 Å². The second-order valence-electron chi connectivity index (χ2n) is 14.4. The van der Waals surface area contributed by atoms with Crippen LogP contribution >= 0.6 is 0 Å². The number of carbonyl (C=O) groups is 3. The van der Waals surface area contributed by atoms with E-state index in [1.54, 1.807) is 0 Å². The van der Waals surface area contributed by atoms with Crippen molar-refractivity contribution in [1.29, 1.82) is 0 Å². The first-order chi connectivity index (χ1) is 18.3. The molecule has 0 bridgehead atoms. The molecule has 3 amide bonds. The monoisotopic (exact) mass is 569 g/mol. The van der Waals surface area contributed by atoms with Gasteiger partial charge in [-0.1, -0.05) is 13.3 Å². The number of rotatable bonds is 20. The maximum absolute atomic E-state index is 13.3. The Morgan fingerprint density at radius 3 is 1.27 bits per heavy atom. The van der Waals surface area contributed by atoms with Crippen LogP contribution in [0.2, 0.25) is 0 Å². The van der Waals surface area contributed by atoms with Gasteiger partial charge in [-0.2, -0.15) is 0 Å². The van der Waals surface area contributed by atoms with Gasteiger partial charge in [-0.25, -0.2) is 0 Å². The quantitative estimate of drug-likeness (QED) is 0.124. The molecule has 40 heavy (non-hydrogen) atoms. The molecule has 0 spiro atoms. The molecule has 9 nitrogen and oxygen atoms in total. The van der Waals surface area contributed by atoms with E-state index in [0.29, 0.717) is 12.8 Å². The van der Waals surface area contributed by atoms with Crippen LogP contribution in [-0.2, 0) is 14.4 Å². The molecule has 0 aromatic rings. The third-order valence-corrected chi connectivity index (χ3v) is 6.61. The molecule has 7 N–H and O–H groups in total. The fraction of sp³-hybridized carbons (Fsp3) is 0.903. The van der Waals surface area contributed by atoms with Gasteiger partial charge in [0.1, 0.15) is 12.1 Å². The second-order valence-corrected chi connectivity index (χ2v) is 14.4. The molecule has 3 atom stereocenters. The van der Waals surface area contributed by atoms with E-state index < -0.39 is 18.0 Å². The summed E-state index contributed by atoms with van der Waals surface area (Å²) >= 11 is 0. The third-order valence-electron chi connectivity index (χ3n) is 6.61. The highest BCUT2D eigenvalue weighted by molar-refractivity contribution is 5.91. The minimum absolute atomic E-state index is 0.0277. The number of primary amides is 1. The standard InChI is InChI=1S/C31H64N6O3/c1-23(17-11-14-20-33-29(2,3)4)27(39)37-25(19-13-16-22-35-31(8,9)10)28(40)36-24(26(32)38)18-12-15-21-34-30(5,6)7/h23-25,33-35H,11-22H2,1-10H3,(H2,32,38)(H,36,40)(H,37,39)/t23-,24+,25?/m1/s1. The van der Waals surface area contributed by atoms with Gasteiger partial charge in [-0.15, -0.1) is 0 Å². The summed E-state index contributed by atoms with van der Waals surface area (Å²) in [6, 6.07) is -1.45. The number of nitrogens with one attached hydrogen (secondary N) is 5. The Balaban J connectivity index is 5.02. The minimum Gasteiger partial charge on any atom is -0.368 e. The van der Waals surface area contributed by atoms with Crippen LogP contribution in [0, 0.1) is 5.92 Å². The van der Waals surface area contributed by atoms with E-state index in [1.165, 1.54) is 0 Å². The Kier molecular flexibility index (Phi) is 17.9. The molecule has 0 aromatic heterocycles. The molecule has 1 unspecified atom stereocenters. The van der Waals surface area contributed by atoms with Crippen LogP contribution in [0.5, 0.6) is 0 Å². The van der Waals surface area contributed by atoms with Gasteiger partial charge in [0.25, 0.3) is 0 Å². The summed E-state index contributed by atoms with van der Waals surface area (Å²) in [5.74, 6) is -1.21. The van der Waals surface area contributed by atoms with Crippen molar-refractivity contribution in [3.8, 4) is 0 Å². The van der Waals surface area contributed by atoms with Gasteiger partial charge in [0, 0.05) is 22.5 Å². The van der Waals surface area contributed by atoms with Crippen molar-refractivity contribution >= 4 is 17.7 Å². The van der Waals surface area contributed by atoms with Crippen LogP contribution in [0.25, 0.3) is 0 Å². The zero-order chi connectivity index (χ0) is 31.0. The lowest BCUT2D eigenvalue weighted by Crippen LogP contribution is -2.53. The van der Waals surface area contributed by atoms with Crippen LogP contribution < -0.4 is 32.3 Å². The molecule has 0 aliphatic carbocycles. The molecule has 236 valence electrons. The van der Waals surface area contributed by atoms with Crippen LogP contribution in [0.15, 0.2) is 0 Å². The summed E-state index contributed by atoms with van der Waals surface area (Å²) in [6.07, 6.45) is 6.95. The van der Waals surface area contributed by atoms with E-state index in [9.17, 15) is 14.4 Å². The van der Waals surface area contributed by atoms with Crippen molar-refractivity contribution in [3.63, 3.8) is 0 Å². The van der Waals surface area contributed by atoms with E-state index in [-0.39, 0.29) is 34.3 Å². The molecule has 0 radical (unpaired) electrons. The SMILES string of the molecule is C[C@H](CCCCNC(C)(C)C)C(=O)NC(CCCCNC(C)(C)C)C(=O)N[C@@H](CCCCNC(C)(C)C)C(N)=O. The van der Waals surface area contributed by atoms with Crippen molar-refractivity contribution in [1.82, 2.24) is 26.6 Å². The topological polar surface area (TPSA) is 137 Å². The number of hydrogen-bond donors (Lipinski definition) is 6. The zero-order valence-corrected chi connectivity index (χ0v) is 27.5. The highest BCUT2D eigenvalue weighted by atomic mass is 16.2. The van der Waals surface area contributed by atoms with Crippen LogP contribution in [-0.4, -0.2) is 66.1 Å². The van der Waals surface area contributed by atoms with Crippen molar-refractivity contribution < 1.29 is 14.4 Å². The summed E-state index contributed by atoms with van der Waals surface area (Å²) < 4.78 is 0. The Hall–Kier alpha value is -1.71. The van der Waals surface area contributed by atoms with E-state index in [2.05, 4.69) is 88.9 Å². The summed E-state index contributed by atoms with van der Waals surface area (Å²) in [7, 11) is 0. The number of hydrogen-bond acceptors (Lipinski definition) is 6. The summed E-state index contributed by atoms with van der Waals surface area (Å²) in [5.41, 5.74) is 5.78. The van der Waals surface area contributed by atoms with E-state index in [1.807, 2.05) is 6.92 Å². The van der Waals surface area contributed by atoms with Crippen molar-refractivity contribution in [2.45, 2.75) is 156 Å². The molecule has 0 saturated heterocycles. The number of amides is 3. The molecule has 0 aliphatic rings. The Morgan fingerprint density at radius 2 is 0.900 bits per heavy atom. The molecule has 9 heteroatoms. The first-order valence-corrected chi connectivity index (χ1v) is 15.5. The van der Waals surface area contributed by atoms with Gasteiger partial charge in [-0.3, -0.25) is 14.4 Å². The largest absolute Gasteiger partial charge is 0.368 e. The van der Waals surface area contributed by atoms with E-state index >= 15 is 0 Å². The van der Waals surface area contributed by atoms with Gasteiger partial charge in [0.2, 0.25) is 17.7 Å². The number of carbonyl (C=O) groups excluding carboxylic acids is 3. The maximum atomic E-state index is 13.3. The predicted octanol–water partition coefficient (Wildman–Crippen LogP) is 3.75. The highest BCUT2D eigenvalue weighted by Crippen LogP contribution is 2.12. The Morgan fingerprint density at radius 1 is 0.550 bits per heavy atom. The molecule has 0 aliphatic heterocycles. The van der Waals surface area contributed by atoms with E-state index in [4.69, 9.17) is 5.73 Å². The van der Waals surface area contributed by atoms with Gasteiger partial charge < -0.3 is 32.3 Å². The predicted molar refractivity (Wildman–Crippen MR) is 167 cm³/mol. The van der Waals surface area contributed by atoms with Crippen LogP contribution in [0.3, 0.4) is 0 Å². The Labute approximate surface area is 245 Å². The molecule has 0 aromatic carbocycles. The normalized spacial score (nSPS) is 14.8. The highest BCUT2D eigenvalue weighted by Gasteiger charge is 2.27. The summed E-state index contributed by atoms with van der Waals surface area (Å²) in [4.78, 5) is 38.4. The lowest BCUT2D eigenvalue weighted by molar-refractivity contribution is -0.132. The van der Waals surface area contributed by atoms with Crippen molar-refractivity contribution in [3.05, 3.63) is 0 Å². The number of unbranched alkanes of at least 4 members (excludes halogenated alkanes) is 3. The lowest BCUT2D eigenvalue weighted by Gasteiger charge is -2.24. The molecular weight excluding hydrogens is 504 g/mol. The first kappa shape index (κ1) is 38.3. The zero-order valence-electron chi connectivity index (χ0n) is 27.5. The maximum Gasteiger partial charge on any atom is 0.243 e. The Bertz CT molecular complexity index is 737. The summed E-state index contributed by atoms with van der Waals surface area (Å²) in [5, 5.41) is 16.2.